The van der Waals surface area contributed by atoms with Crippen LogP contribution in [0.15, 0.2) is 48.5 Å². The number of hydrogen-bond acceptors (Lipinski definition) is 2. The number of aryl methyl sites for hydroxylation is 1. The summed E-state index contributed by atoms with van der Waals surface area (Å²) in [5, 5.41) is 2.88. The van der Waals surface area contributed by atoms with Crippen molar-refractivity contribution in [2.24, 2.45) is 5.92 Å². The molecule has 5 heteroatoms. The van der Waals surface area contributed by atoms with Crippen LogP contribution in [0.2, 0.25) is 0 Å². The zero-order valence-corrected chi connectivity index (χ0v) is 14.2. The lowest BCUT2D eigenvalue weighted by molar-refractivity contribution is -0.128. The monoisotopic (exact) mass is 340 g/mol. The quantitative estimate of drug-likeness (QED) is 0.907. The van der Waals surface area contributed by atoms with Crippen molar-refractivity contribution in [2.45, 2.75) is 26.3 Å². The Morgan fingerprint density at radius 1 is 1.12 bits per heavy atom. The van der Waals surface area contributed by atoms with Crippen molar-refractivity contribution >= 4 is 17.5 Å². The van der Waals surface area contributed by atoms with Gasteiger partial charge in [0, 0.05) is 25.2 Å². The third-order valence-electron chi connectivity index (χ3n) is 4.50. The molecule has 4 nitrogen and oxygen atoms in total. The van der Waals surface area contributed by atoms with Crippen LogP contribution in [0.4, 0.5) is 10.1 Å². The SMILES string of the molecule is CCc1ccc(NC(=O)C2CC(=O)N(Cc3ccc(F)cc3)C2)cc1. The second-order valence-corrected chi connectivity index (χ2v) is 6.34. The van der Waals surface area contributed by atoms with Gasteiger partial charge in [-0.05, 0) is 41.8 Å². The lowest BCUT2D eigenvalue weighted by Gasteiger charge is -2.16. The van der Waals surface area contributed by atoms with E-state index in [1.165, 1.54) is 17.7 Å². The Morgan fingerprint density at radius 3 is 2.40 bits per heavy atom. The number of carbonyl (C=O) groups is 2. The van der Waals surface area contributed by atoms with E-state index in [2.05, 4.69) is 12.2 Å². The number of nitrogens with zero attached hydrogens (tertiary/aromatic N) is 1. The van der Waals surface area contributed by atoms with Crippen molar-refractivity contribution in [1.29, 1.82) is 0 Å². The van der Waals surface area contributed by atoms with Crippen LogP contribution in [0.3, 0.4) is 0 Å². The van der Waals surface area contributed by atoms with Gasteiger partial charge in [0.15, 0.2) is 0 Å². The predicted molar refractivity (Wildman–Crippen MR) is 94.4 cm³/mol. The Morgan fingerprint density at radius 2 is 1.76 bits per heavy atom. The average Bonchev–Trinajstić information content (AvgIpc) is 2.98. The van der Waals surface area contributed by atoms with Gasteiger partial charge in [0.05, 0.1) is 5.92 Å². The second-order valence-electron chi connectivity index (χ2n) is 6.34. The van der Waals surface area contributed by atoms with E-state index in [1.807, 2.05) is 24.3 Å². The van der Waals surface area contributed by atoms with Crippen molar-refractivity contribution in [2.75, 3.05) is 11.9 Å². The van der Waals surface area contributed by atoms with Crippen molar-refractivity contribution in [1.82, 2.24) is 4.90 Å². The summed E-state index contributed by atoms with van der Waals surface area (Å²) in [6, 6.07) is 13.8. The van der Waals surface area contributed by atoms with Crippen LogP contribution in [-0.2, 0) is 22.6 Å². The molecule has 2 aromatic carbocycles. The minimum absolute atomic E-state index is 0.0502. The number of hydrogen-bond donors (Lipinski definition) is 1. The lowest BCUT2D eigenvalue weighted by atomic mass is 10.1. The van der Waals surface area contributed by atoms with E-state index in [4.69, 9.17) is 0 Å². The summed E-state index contributed by atoms with van der Waals surface area (Å²) in [5.41, 5.74) is 2.80. The molecule has 0 aliphatic carbocycles. The first kappa shape index (κ1) is 17.1. The summed E-state index contributed by atoms with van der Waals surface area (Å²) < 4.78 is 13.0. The molecule has 0 bridgehead atoms. The number of anilines is 1. The Bertz CT molecular complexity index is 756. The number of carbonyl (C=O) groups excluding carboxylic acids is 2. The summed E-state index contributed by atoms with van der Waals surface area (Å²) in [4.78, 5) is 26.2. The Balaban J connectivity index is 1.59. The first-order valence-corrected chi connectivity index (χ1v) is 8.47. The molecular weight excluding hydrogens is 319 g/mol. The van der Waals surface area contributed by atoms with Crippen LogP contribution < -0.4 is 5.32 Å². The molecule has 1 fully saturated rings. The zero-order valence-electron chi connectivity index (χ0n) is 14.2. The number of amides is 2. The molecule has 1 unspecified atom stereocenters. The summed E-state index contributed by atoms with van der Waals surface area (Å²) in [5.74, 6) is -0.855. The highest BCUT2D eigenvalue weighted by atomic mass is 19.1. The summed E-state index contributed by atoms with van der Waals surface area (Å²) in [6.07, 6.45) is 1.16. The highest BCUT2D eigenvalue weighted by Crippen LogP contribution is 2.22. The maximum Gasteiger partial charge on any atom is 0.229 e. The van der Waals surface area contributed by atoms with Crippen molar-refractivity contribution in [3.8, 4) is 0 Å². The number of halogens is 1. The molecule has 1 atom stereocenters. The van der Waals surface area contributed by atoms with Crippen LogP contribution >= 0.6 is 0 Å². The highest BCUT2D eigenvalue weighted by Gasteiger charge is 2.34. The predicted octanol–water partition coefficient (Wildman–Crippen LogP) is 3.38. The molecule has 1 aliphatic rings. The van der Waals surface area contributed by atoms with E-state index in [0.29, 0.717) is 13.1 Å². The molecule has 0 aromatic heterocycles. The Hall–Kier alpha value is -2.69. The van der Waals surface area contributed by atoms with E-state index in [1.54, 1.807) is 17.0 Å². The molecule has 0 radical (unpaired) electrons. The molecule has 0 saturated carbocycles. The minimum atomic E-state index is -0.362. The van der Waals surface area contributed by atoms with Gasteiger partial charge in [0.25, 0.3) is 0 Å². The van der Waals surface area contributed by atoms with Gasteiger partial charge in [-0.2, -0.15) is 0 Å². The Kier molecular flexibility index (Phi) is 5.12. The van der Waals surface area contributed by atoms with Crippen LogP contribution in [0.1, 0.15) is 24.5 Å². The van der Waals surface area contributed by atoms with Crippen LogP contribution in [0.25, 0.3) is 0 Å². The van der Waals surface area contributed by atoms with Gasteiger partial charge in [-0.15, -0.1) is 0 Å². The van der Waals surface area contributed by atoms with Gasteiger partial charge < -0.3 is 10.2 Å². The van der Waals surface area contributed by atoms with E-state index in [0.717, 1.165) is 17.7 Å². The molecule has 2 amide bonds. The van der Waals surface area contributed by atoms with Crippen LogP contribution in [-0.4, -0.2) is 23.3 Å². The minimum Gasteiger partial charge on any atom is -0.338 e. The fourth-order valence-corrected chi connectivity index (χ4v) is 2.98. The maximum absolute atomic E-state index is 13.0. The molecule has 1 aliphatic heterocycles. The van der Waals surface area contributed by atoms with Crippen molar-refractivity contribution < 1.29 is 14.0 Å². The fraction of sp³-hybridized carbons (Fsp3) is 0.300. The van der Waals surface area contributed by atoms with Crippen molar-refractivity contribution in [3.05, 3.63) is 65.5 Å². The van der Waals surface area contributed by atoms with E-state index >= 15 is 0 Å². The summed E-state index contributed by atoms with van der Waals surface area (Å²) >= 11 is 0. The number of likely N-dealkylation sites (tertiary alicyclic amines) is 1. The Labute approximate surface area is 146 Å². The molecule has 1 saturated heterocycles. The van der Waals surface area contributed by atoms with Gasteiger partial charge in [-0.1, -0.05) is 31.2 Å². The third kappa shape index (κ3) is 4.24. The molecule has 2 aromatic rings. The molecule has 3 rings (SSSR count). The number of rotatable bonds is 5. The first-order valence-electron chi connectivity index (χ1n) is 8.47. The van der Waals surface area contributed by atoms with E-state index < -0.39 is 0 Å². The maximum atomic E-state index is 13.0. The molecule has 130 valence electrons. The number of benzene rings is 2. The van der Waals surface area contributed by atoms with Crippen LogP contribution in [0, 0.1) is 11.7 Å². The van der Waals surface area contributed by atoms with Gasteiger partial charge in [0.1, 0.15) is 5.82 Å². The summed E-state index contributed by atoms with van der Waals surface area (Å²) in [7, 11) is 0. The molecule has 0 spiro atoms. The fourth-order valence-electron chi connectivity index (χ4n) is 2.98. The second kappa shape index (κ2) is 7.47. The molecule has 1 heterocycles. The largest absolute Gasteiger partial charge is 0.338 e. The highest BCUT2D eigenvalue weighted by molar-refractivity contribution is 5.97. The summed E-state index contributed by atoms with van der Waals surface area (Å²) in [6.45, 7) is 2.86. The normalized spacial score (nSPS) is 17.0. The molecular formula is C20H21FN2O2. The topological polar surface area (TPSA) is 49.4 Å². The van der Waals surface area contributed by atoms with Gasteiger partial charge in [-0.25, -0.2) is 4.39 Å². The van der Waals surface area contributed by atoms with E-state index in [-0.39, 0.29) is 30.0 Å². The molecule has 1 N–H and O–H groups in total. The van der Waals surface area contributed by atoms with Crippen LogP contribution in [0.5, 0.6) is 0 Å². The number of nitrogens with one attached hydrogen (secondary N) is 1. The average molecular weight is 340 g/mol. The van der Waals surface area contributed by atoms with Gasteiger partial charge in [-0.3, -0.25) is 9.59 Å². The van der Waals surface area contributed by atoms with Gasteiger partial charge >= 0.3 is 0 Å². The lowest BCUT2D eigenvalue weighted by Crippen LogP contribution is -2.28. The standard InChI is InChI=1S/C20H21FN2O2/c1-2-14-5-9-18(10-6-14)22-20(25)16-11-19(24)23(13-16)12-15-3-7-17(21)8-4-15/h3-10,16H,2,11-13H2,1H3,(H,22,25). The first-order chi connectivity index (χ1) is 12.0. The van der Waals surface area contributed by atoms with E-state index in [9.17, 15) is 14.0 Å². The molecule has 25 heavy (non-hydrogen) atoms. The van der Waals surface area contributed by atoms with Gasteiger partial charge in [0.2, 0.25) is 11.8 Å². The zero-order chi connectivity index (χ0) is 17.8. The van der Waals surface area contributed by atoms with Crippen molar-refractivity contribution in [3.63, 3.8) is 0 Å². The smallest absolute Gasteiger partial charge is 0.229 e. The third-order valence-corrected chi connectivity index (χ3v) is 4.50.